The fraction of sp³-hybridized carbons (Fsp3) is 0.609. The molecule has 0 amide bonds. The highest BCUT2D eigenvalue weighted by Gasteiger charge is 2.01. The molecule has 26 heavy (non-hydrogen) atoms. The number of aromatic carboxylic acids is 1. The van der Waals surface area contributed by atoms with Gasteiger partial charge in [0.2, 0.25) is 0 Å². The summed E-state index contributed by atoms with van der Waals surface area (Å²) in [6.45, 7) is 2.61. The molecule has 3 heteroatoms. The second-order valence-electron chi connectivity index (χ2n) is 6.76. The lowest BCUT2D eigenvalue weighted by Crippen LogP contribution is -1.97. The molecule has 1 aromatic carbocycles. The van der Waals surface area contributed by atoms with Gasteiger partial charge in [0.25, 0.3) is 0 Å². The molecule has 0 unspecified atom stereocenters. The maximum absolute atomic E-state index is 10.8. The van der Waals surface area contributed by atoms with E-state index in [-0.39, 0.29) is 5.56 Å². The van der Waals surface area contributed by atoms with E-state index in [1.165, 1.54) is 76.3 Å². The fourth-order valence-electron chi connectivity index (χ4n) is 2.83. The minimum Gasteiger partial charge on any atom is -0.481 e. The molecule has 144 valence electrons. The van der Waals surface area contributed by atoms with Crippen LogP contribution in [0.15, 0.2) is 24.3 Å². The molecule has 0 bridgehead atoms. The summed E-state index contributed by atoms with van der Waals surface area (Å²) in [5, 5.41) is 8.83. The molecular formula is C23H34O3. The van der Waals surface area contributed by atoms with Gasteiger partial charge >= 0.3 is 5.97 Å². The van der Waals surface area contributed by atoms with Crippen LogP contribution in [0.2, 0.25) is 0 Å². The lowest BCUT2D eigenvalue weighted by molar-refractivity contribution is 0.0697. The molecule has 0 atom stereocenters. The second kappa shape index (κ2) is 15.3. The average Bonchev–Trinajstić information content (AvgIpc) is 2.65. The lowest BCUT2D eigenvalue weighted by atomic mass is 10.1. The Kier molecular flexibility index (Phi) is 13.0. The largest absolute Gasteiger partial charge is 0.481 e. The molecule has 1 aromatic rings. The minimum atomic E-state index is -0.927. The normalized spacial score (nSPS) is 10.2. The van der Waals surface area contributed by atoms with Crippen molar-refractivity contribution >= 4 is 5.97 Å². The maximum Gasteiger partial charge on any atom is 0.335 e. The van der Waals surface area contributed by atoms with Crippen LogP contribution >= 0.6 is 0 Å². The average molecular weight is 359 g/mol. The number of carboxylic acids is 1. The van der Waals surface area contributed by atoms with Gasteiger partial charge in [0.1, 0.15) is 12.4 Å². The Morgan fingerprint density at radius 3 is 1.92 bits per heavy atom. The number of unbranched alkanes of at least 4 members (excludes halogenated alkanes) is 11. The van der Waals surface area contributed by atoms with Crippen molar-refractivity contribution < 1.29 is 14.6 Å². The topological polar surface area (TPSA) is 46.5 Å². The van der Waals surface area contributed by atoms with E-state index in [1.54, 1.807) is 12.1 Å². The number of hydrogen-bond acceptors (Lipinski definition) is 2. The summed E-state index contributed by atoms with van der Waals surface area (Å²) in [4.78, 5) is 10.8. The smallest absolute Gasteiger partial charge is 0.335 e. The molecule has 1 N–H and O–H groups in total. The first kappa shape index (κ1) is 22.1. The van der Waals surface area contributed by atoms with E-state index in [1.807, 2.05) is 0 Å². The van der Waals surface area contributed by atoms with Crippen molar-refractivity contribution in [3.8, 4) is 17.6 Å². The third-order valence-corrected chi connectivity index (χ3v) is 4.44. The number of benzene rings is 1. The lowest BCUT2D eigenvalue weighted by Gasteiger charge is -2.02. The first-order valence-corrected chi connectivity index (χ1v) is 10.2. The van der Waals surface area contributed by atoms with Crippen LogP contribution in [-0.2, 0) is 0 Å². The van der Waals surface area contributed by atoms with Crippen LogP contribution in [-0.4, -0.2) is 17.7 Å². The number of carboxylic acid groups (broad SMARTS) is 1. The van der Waals surface area contributed by atoms with Crippen LogP contribution in [0, 0.1) is 11.8 Å². The van der Waals surface area contributed by atoms with Crippen molar-refractivity contribution in [2.45, 2.75) is 84.0 Å². The predicted octanol–water partition coefficient (Wildman–Crippen LogP) is 6.47. The van der Waals surface area contributed by atoms with Crippen LogP contribution in [0.3, 0.4) is 0 Å². The van der Waals surface area contributed by atoms with Crippen molar-refractivity contribution in [1.82, 2.24) is 0 Å². The standard InChI is InChI=1S/C23H34O3/c1-2-3-4-5-6-7-8-9-10-11-12-13-14-15-20-26-22-18-16-21(17-19-22)23(24)25/h16-19H,2-13,20H2,1H3,(H,24,25). The molecule has 0 radical (unpaired) electrons. The van der Waals surface area contributed by atoms with Gasteiger partial charge in [0.15, 0.2) is 0 Å². The number of ether oxygens (including phenoxy) is 1. The Labute approximate surface area is 159 Å². The fourth-order valence-corrected chi connectivity index (χ4v) is 2.83. The zero-order valence-corrected chi connectivity index (χ0v) is 16.3. The van der Waals surface area contributed by atoms with Gasteiger partial charge in [-0.15, -0.1) is 0 Å². The zero-order valence-electron chi connectivity index (χ0n) is 16.3. The summed E-state index contributed by atoms with van der Waals surface area (Å²) >= 11 is 0. The predicted molar refractivity (Wildman–Crippen MR) is 108 cm³/mol. The third-order valence-electron chi connectivity index (χ3n) is 4.44. The quantitative estimate of drug-likeness (QED) is 0.306. The summed E-state index contributed by atoms with van der Waals surface area (Å²) in [7, 11) is 0. The van der Waals surface area contributed by atoms with Gasteiger partial charge in [-0.2, -0.15) is 0 Å². The van der Waals surface area contributed by atoms with E-state index >= 15 is 0 Å². The van der Waals surface area contributed by atoms with E-state index in [9.17, 15) is 4.79 Å². The van der Waals surface area contributed by atoms with E-state index in [0.29, 0.717) is 12.4 Å². The Morgan fingerprint density at radius 2 is 1.38 bits per heavy atom. The van der Waals surface area contributed by atoms with Gasteiger partial charge in [-0.3, -0.25) is 0 Å². The van der Waals surface area contributed by atoms with Gasteiger partial charge in [0, 0.05) is 6.42 Å². The Bertz CT molecular complexity index is 537. The molecule has 0 aliphatic heterocycles. The summed E-state index contributed by atoms with van der Waals surface area (Å²) in [6, 6.07) is 6.40. The van der Waals surface area contributed by atoms with Crippen molar-refractivity contribution in [2.24, 2.45) is 0 Å². The molecule has 0 aromatic heterocycles. The summed E-state index contributed by atoms with van der Waals surface area (Å²) in [5.41, 5.74) is 0.264. The van der Waals surface area contributed by atoms with Crippen molar-refractivity contribution in [3.05, 3.63) is 29.8 Å². The van der Waals surface area contributed by atoms with E-state index in [0.717, 1.165) is 12.8 Å². The van der Waals surface area contributed by atoms with Gasteiger partial charge in [0.05, 0.1) is 5.56 Å². The Balaban J connectivity index is 1.92. The third kappa shape index (κ3) is 11.6. The molecular weight excluding hydrogens is 324 g/mol. The zero-order chi connectivity index (χ0) is 18.9. The van der Waals surface area contributed by atoms with Crippen molar-refractivity contribution in [2.75, 3.05) is 6.61 Å². The maximum atomic E-state index is 10.8. The highest BCUT2D eigenvalue weighted by Crippen LogP contribution is 2.12. The van der Waals surface area contributed by atoms with Crippen molar-refractivity contribution in [1.29, 1.82) is 0 Å². The molecule has 0 saturated heterocycles. The summed E-state index contributed by atoms with van der Waals surface area (Å²) in [6.07, 6.45) is 15.8. The monoisotopic (exact) mass is 358 g/mol. The van der Waals surface area contributed by atoms with Gasteiger partial charge in [-0.05, 0) is 30.7 Å². The molecule has 0 fully saturated rings. The van der Waals surface area contributed by atoms with E-state index < -0.39 is 5.97 Å². The molecule has 0 saturated carbocycles. The first-order chi connectivity index (χ1) is 12.7. The van der Waals surface area contributed by atoms with Gasteiger partial charge < -0.3 is 9.84 Å². The van der Waals surface area contributed by atoms with Crippen LogP contribution in [0.1, 0.15) is 94.3 Å². The number of hydrogen-bond donors (Lipinski definition) is 1. The van der Waals surface area contributed by atoms with Gasteiger partial charge in [-0.25, -0.2) is 4.79 Å². The molecule has 3 nitrogen and oxygen atoms in total. The Morgan fingerprint density at radius 1 is 0.846 bits per heavy atom. The number of carbonyl (C=O) groups is 1. The Hall–Kier alpha value is -1.95. The number of rotatable bonds is 14. The van der Waals surface area contributed by atoms with E-state index in [4.69, 9.17) is 9.84 Å². The highest BCUT2D eigenvalue weighted by molar-refractivity contribution is 5.87. The molecule has 0 heterocycles. The summed E-state index contributed by atoms with van der Waals surface area (Å²) in [5.74, 6) is 5.89. The van der Waals surface area contributed by atoms with Gasteiger partial charge in [-0.1, -0.05) is 83.0 Å². The summed E-state index contributed by atoms with van der Waals surface area (Å²) < 4.78 is 5.48. The van der Waals surface area contributed by atoms with Crippen LogP contribution in [0.25, 0.3) is 0 Å². The molecule has 0 aliphatic rings. The first-order valence-electron chi connectivity index (χ1n) is 10.2. The molecule has 0 spiro atoms. The van der Waals surface area contributed by atoms with Crippen molar-refractivity contribution in [3.63, 3.8) is 0 Å². The van der Waals surface area contributed by atoms with Crippen LogP contribution < -0.4 is 4.74 Å². The minimum absolute atomic E-state index is 0.264. The molecule has 1 rings (SSSR count). The SMILES string of the molecule is CCCCCCCCCCCCCC#CCOc1ccc(C(=O)O)cc1. The van der Waals surface area contributed by atoms with Crippen LogP contribution in [0.4, 0.5) is 0 Å². The van der Waals surface area contributed by atoms with E-state index in [2.05, 4.69) is 18.8 Å². The van der Waals surface area contributed by atoms with Crippen LogP contribution in [0.5, 0.6) is 5.75 Å². The molecule has 0 aliphatic carbocycles. The highest BCUT2D eigenvalue weighted by atomic mass is 16.5. The second-order valence-corrected chi connectivity index (χ2v) is 6.76.